The molecule has 0 unspecified atom stereocenters. The number of aromatic nitrogens is 3. The Morgan fingerprint density at radius 1 is 1.25 bits per heavy atom. The molecule has 24 heavy (non-hydrogen) atoms. The quantitative estimate of drug-likeness (QED) is 0.878. The van der Waals surface area contributed by atoms with Gasteiger partial charge in [0.25, 0.3) is 5.91 Å². The second-order valence-corrected chi connectivity index (χ2v) is 6.79. The van der Waals surface area contributed by atoms with Crippen molar-refractivity contribution in [3.63, 3.8) is 0 Å². The van der Waals surface area contributed by atoms with Crippen LogP contribution in [0.25, 0.3) is 5.65 Å². The van der Waals surface area contributed by atoms with Crippen molar-refractivity contribution >= 4 is 11.6 Å². The van der Waals surface area contributed by atoms with Gasteiger partial charge in [0.05, 0.1) is 12.3 Å². The number of rotatable bonds is 2. The molecule has 128 valence electrons. The fourth-order valence-electron chi connectivity index (χ4n) is 3.88. The molecule has 1 saturated heterocycles. The number of aryl methyl sites for hydroxylation is 1. The van der Waals surface area contributed by atoms with Crippen LogP contribution in [0.3, 0.4) is 0 Å². The van der Waals surface area contributed by atoms with Gasteiger partial charge in [0.15, 0.2) is 5.65 Å². The lowest BCUT2D eigenvalue weighted by Gasteiger charge is -2.39. The molecule has 7 heteroatoms. The number of aliphatic hydroxyl groups is 1. The summed E-state index contributed by atoms with van der Waals surface area (Å²) >= 11 is 0. The minimum absolute atomic E-state index is 0.00489. The zero-order chi connectivity index (χ0) is 16.7. The van der Waals surface area contributed by atoms with Gasteiger partial charge in [-0.25, -0.2) is 9.50 Å². The number of fused-ring (bicyclic) bond motifs is 1. The van der Waals surface area contributed by atoms with E-state index in [1.54, 1.807) is 10.7 Å². The van der Waals surface area contributed by atoms with Gasteiger partial charge in [-0.2, -0.15) is 5.10 Å². The van der Waals surface area contributed by atoms with Crippen molar-refractivity contribution in [2.45, 2.75) is 38.3 Å². The highest BCUT2D eigenvalue weighted by atomic mass is 16.3. The Morgan fingerprint density at radius 2 is 2.04 bits per heavy atom. The third-order valence-electron chi connectivity index (χ3n) is 5.25. The van der Waals surface area contributed by atoms with Crippen molar-refractivity contribution in [2.75, 3.05) is 26.2 Å². The molecule has 1 aliphatic heterocycles. The molecule has 3 heterocycles. The van der Waals surface area contributed by atoms with Crippen LogP contribution in [0, 0.1) is 6.92 Å². The van der Waals surface area contributed by atoms with Crippen molar-refractivity contribution in [3.05, 3.63) is 29.7 Å². The van der Waals surface area contributed by atoms with Crippen molar-refractivity contribution in [1.82, 2.24) is 24.4 Å². The predicted molar refractivity (Wildman–Crippen MR) is 88.8 cm³/mol. The summed E-state index contributed by atoms with van der Waals surface area (Å²) in [6.45, 7) is 4.92. The minimum atomic E-state index is -0.209. The van der Waals surface area contributed by atoms with Gasteiger partial charge in [0.2, 0.25) is 0 Å². The Balaban J connectivity index is 1.47. The Kier molecular flexibility index (Phi) is 3.97. The van der Waals surface area contributed by atoms with Gasteiger partial charge in [-0.15, -0.1) is 0 Å². The van der Waals surface area contributed by atoms with E-state index in [9.17, 15) is 9.90 Å². The van der Waals surface area contributed by atoms with E-state index in [4.69, 9.17) is 0 Å². The fraction of sp³-hybridized carbons (Fsp3) is 0.588. The predicted octanol–water partition coefficient (Wildman–Crippen LogP) is 0.709. The largest absolute Gasteiger partial charge is 0.391 e. The molecule has 0 spiro atoms. The van der Waals surface area contributed by atoms with E-state index in [1.165, 1.54) is 0 Å². The lowest BCUT2D eigenvalue weighted by molar-refractivity contribution is 0.0316. The molecular weight excluding hydrogens is 306 g/mol. The molecule has 0 radical (unpaired) electrons. The van der Waals surface area contributed by atoms with Crippen LogP contribution in [0.4, 0.5) is 0 Å². The molecule has 1 aliphatic carbocycles. The first kappa shape index (κ1) is 15.5. The molecule has 4 rings (SSSR count). The van der Waals surface area contributed by atoms with E-state index < -0.39 is 0 Å². The summed E-state index contributed by atoms with van der Waals surface area (Å²) in [6, 6.07) is 2.14. The Bertz CT molecular complexity index is 751. The number of piperazine rings is 1. The molecule has 2 aromatic heterocycles. The maximum atomic E-state index is 12.8. The number of carbonyl (C=O) groups excluding carboxylic acids is 1. The van der Waals surface area contributed by atoms with Crippen LogP contribution in [0.5, 0.6) is 0 Å². The van der Waals surface area contributed by atoms with E-state index in [1.807, 2.05) is 24.1 Å². The van der Waals surface area contributed by atoms with Gasteiger partial charge in [0, 0.05) is 44.1 Å². The highest BCUT2D eigenvalue weighted by molar-refractivity contribution is 5.99. The lowest BCUT2D eigenvalue weighted by atomic mass is 10.1. The van der Waals surface area contributed by atoms with Crippen molar-refractivity contribution in [3.8, 4) is 0 Å². The Labute approximate surface area is 140 Å². The standard InChI is InChI=1S/C17H23N5O2/c1-12-5-6-22-16(19-12)13(11-18-22)17(24)21-9-7-20(8-10-21)14-3-2-4-15(14)23/h5-6,11,14-15,23H,2-4,7-10H2,1H3/t14-,15+/m0/s1. The monoisotopic (exact) mass is 329 g/mol. The van der Waals surface area contributed by atoms with E-state index in [0.717, 1.165) is 38.0 Å². The van der Waals surface area contributed by atoms with Gasteiger partial charge >= 0.3 is 0 Å². The maximum Gasteiger partial charge on any atom is 0.259 e. The molecule has 0 aromatic carbocycles. The summed E-state index contributed by atoms with van der Waals surface area (Å²) in [6.07, 6.45) is 6.28. The van der Waals surface area contributed by atoms with Crippen LogP contribution >= 0.6 is 0 Å². The summed E-state index contributed by atoms with van der Waals surface area (Å²) in [4.78, 5) is 21.5. The summed E-state index contributed by atoms with van der Waals surface area (Å²) in [5.41, 5.74) is 2.05. The topological polar surface area (TPSA) is 74.0 Å². The van der Waals surface area contributed by atoms with Crippen molar-refractivity contribution in [2.24, 2.45) is 0 Å². The SMILES string of the molecule is Cc1ccn2ncc(C(=O)N3CCN([C@H]4CCC[C@H]4O)CC3)c2n1. The molecule has 2 aliphatic rings. The third-order valence-corrected chi connectivity index (χ3v) is 5.25. The second-order valence-electron chi connectivity index (χ2n) is 6.79. The number of aliphatic hydroxyl groups excluding tert-OH is 1. The van der Waals surface area contributed by atoms with Gasteiger partial charge < -0.3 is 10.0 Å². The molecule has 1 N–H and O–H groups in total. The number of nitrogens with zero attached hydrogens (tertiary/aromatic N) is 5. The van der Waals surface area contributed by atoms with Crippen LogP contribution in [0.2, 0.25) is 0 Å². The van der Waals surface area contributed by atoms with Crippen LogP contribution < -0.4 is 0 Å². The van der Waals surface area contributed by atoms with E-state index in [-0.39, 0.29) is 18.1 Å². The number of hydrogen-bond acceptors (Lipinski definition) is 5. The Hall–Kier alpha value is -1.99. The zero-order valence-corrected chi connectivity index (χ0v) is 13.9. The highest BCUT2D eigenvalue weighted by Gasteiger charge is 2.33. The van der Waals surface area contributed by atoms with E-state index >= 15 is 0 Å². The summed E-state index contributed by atoms with van der Waals surface area (Å²) in [5.74, 6) is -0.00489. The van der Waals surface area contributed by atoms with Gasteiger partial charge in [-0.1, -0.05) is 0 Å². The first-order chi connectivity index (χ1) is 11.6. The molecule has 7 nitrogen and oxygen atoms in total. The van der Waals surface area contributed by atoms with Crippen molar-refractivity contribution < 1.29 is 9.90 Å². The van der Waals surface area contributed by atoms with Crippen LogP contribution in [-0.4, -0.2) is 73.7 Å². The van der Waals surface area contributed by atoms with Crippen LogP contribution in [-0.2, 0) is 0 Å². The van der Waals surface area contributed by atoms with Crippen molar-refractivity contribution in [1.29, 1.82) is 0 Å². The van der Waals surface area contributed by atoms with Crippen LogP contribution in [0.15, 0.2) is 18.5 Å². The first-order valence-electron chi connectivity index (χ1n) is 8.66. The summed E-state index contributed by atoms with van der Waals surface area (Å²) < 4.78 is 1.64. The summed E-state index contributed by atoms with van der Waals surface area (Å²) in [5, 5.41) is 14.3. The average molecular weight is 329 g/mol. The first-order valence-corrected chi connectivity index (χ1v) is 8.66. The lowest BCUT2D eigenvalue weighted by Crippen LogP contribution is -2.53. The van der Waals surface area contributed by atoms with Gasteiger partial charge in [0.1, 0.15) is 5.56 Å². The fourth-order valence-corrected chi connectivity index (χ4v) is 3.88. The highest BCUT2D eigenvalue weighted by Crippen LogP contribution is 2.25. The average Bonchev–Trinajstić information content (AvgIpc) is 3.20. The molecule has 1 saturated carbocycles. The normalized spacial score (nSPS) is 25.5. The van der Waals surface area contributed by atoms with E-state index in [0.29, 0.717) is 24.3 Å². The molecule has 1 amide bonds. The maximum absolute atomic E-state index is 12.8. The minimum Gasteiger partial charge on any atom is -0.391 e. The molecule has 2 atom stereocenters. The number of hydrogen-bond donors (Lipinski definition) is 1. The van der Waals surface area contributed by atoms with Crippen LogP contribution in [0.1, 0.15) is 35.3 Å². The molecular formula is C17H23N5O2. The molecule has 0 bridgehead atoms. The van der Waals surface area contributed by atoms with Gasteiger partial charge in [-0.05, 0) is 32.3 Å². The van der Waals surface area contributed by atoms with E-state index in [2.05, 4.69) is 15.0 Å². The zero-order valence-electron chi connectivity index (χ0n) is 13.9. The number of amides is 1. The Morgan fingerprint density at radius 3 is 2.75 bits per heavy atom. The summed E-state index contributed by atoms with van der Waals surface area (Å²) in [7, 11) is 0. The molecule has 2 aromatic rings. The van der Waals surface area contributed by atoms with Gasteiger partial charge in [-0.3, -0.25) is 9.69 Å². The number of carbonyl (C=O) groups is 1. The second kappa shape index (κ2) is 6.14. The third kappa shape index (κ3) is 2.67. The molecule has 2 fully saturated rings. The smallest absolute Gasteiger partial charge is 0.259 e.